The number of carbonyl (C=O) groups excluding carboxylic acids is 4. The molecule has 0 radical (unpaired) electrons. The SMILES string of the molecule is C.C.C.C.C.C.C.C.C.C.C.C.C.C.C.C.C.C.C.C.C.C.C.C.C.C.C.C.C.C.C.C.C.CC(=O)[C@H](O)[C@@H](O)C(=O)[O-].COC(=O)C[C@@](O)(CCCC(C)(C)O)C(=O)O[C@@H]1C(OC)=C[C@]23CCCN2CCc2cc4c(cc2[C@H]13)OCO4. The number of aliphatic hydroxyl groups excluding tert-OH is 2. The highest BCUT2D eigenvalue weighted by Gasteiger charge is 2.59. The minimum absolute atomic E-state index is 0. The van der Waals surface area contributed by atoms with E-state index in [4.69, 9.17) is 33.9 Å². The van der Waals surface area contributed by atoms with Gasteiger partial charge in [-0.05, 0) is 95.2 Å². The molecule has 3 heterocycles. The van der Waals surface area contributed by atoms with Crippen LogP contribution in [0.3, 0.4) is 0 Å². The van der Waals surface area contributed by atoms with Gasteiger partial charge in [-0.1, -0.05) is 245 Å². The van der Waals surface area contributed by atoms with Crippen molar-refractivity contribution in [3.63, 3.8) is 0 Å². The van der Waals surface area contributed by atoms with Crippen molar-refractivity contribution in [2.75, 3.05) is 34.1 Å². The predicted octanol–water partition coefficient (Wildman–Crippen LogP) is 20.6. The minimum Gasteiger partial charge on any atom is -0.547 e. The number of carboxylic acids is 1. The lowest BCUT2D eigenvalue weighted by Crippen LogP contribution is -2.49. The van der Waals surface area contributed by atoms with Crippen molar-refractivity contribution in [3.05, 3.63) is 35.1 Å². The number of ketones is 1. The second kappa shape index (κ2) is 81.5. The van der Waals surface area contributed by atoms with Crippen LogP contribution in [0, 0.1) is 0 Å². The molecule has 82 heavy (non-hydrogen) atoms. The first-order chi connectivity index (χ1) is 23.0. The molecule has 3 aliphatic heterocycles. The van der Waals surface area contributed by atoms with E-state index in [9.17, 15) is 34.5 Å². The van der Waals surface area contributed by atoms with Gasteiger partial charge in [0.15, 0.2) is 29.0 Å². The number of ether oxygens (including phenoxy) is 5. The summed E-state index contributed by atoms with van der Waals surface area (Å²) in [6.07, 6.45) is -0.0699. The highest BCUT2D eigenvalue weighted by molar-refractivity contribution is 5.87. The minimum atomic E-state index is -2.13. The lowest BCUT2D eigenvalue weighted by molar-refractivity contribution is -0.317. The van der Waals surface area contributed by atoms with Gasteiger partial charge >= 0.3 is 11.9 Å². The first kappa shape index (κ1) is 201. The molecule has 6 atom stereocenters. The maximum atomic E-state index is 13.8. The number of nitrogens with zero attached hydrogens (tertiary/aromatic N) is 1. The van der Waals surface area contributed by atoms with Crippen molar-refractivity contribution in [3.8, 4) is 11.5 Å². The van der Waals surface area contributed by atoms with Crippen molar-refractivity contribution in [2.45, 2.75) is 352 Å². The van der Waals surface area contributed by atoms with Crippen LogP contribution in [-0.2, 0) is 39.8 Å². The fourth-order valence-electron chi connectivity index (χ4n) is 7.06. The normalized spacial score (nSPS) is 14.8. The molecule has 0 aromatic heterocycles. The summed E-state index contributed by atoms with van der Waals surface area (Å²) in [5.74, 6) is -2.73. The molecule has 1 spiro atoms. The van der Waals surface area contributed by atoms with Gasteiger partial charge in [0.05, 0.1) is 43.7 Å². The van der Waals surface area contributed by atoms with Crippen LogP contribution in [0.4, 0.5) is 0 Å². The van der Waals surface area contributed by atoms with E-state index in [-0.39, 0.29) is 264 Å². The highest BCUT2D eigenvalue weighted by Crippen LogP contribution is 2.55. The third kappa shape index (κ3) is 44.7. The smallest absolute Gasteiger partial charge is 0.339 e. The Morgan fingerprint density at radius 3 is 1.39 bits per heavy atom. The molecule has 0 saturated carbocycles. The summed E-state index contributed by atoms with van der Waals surface area (Å²) in [6, 6.07) is 4.00. The number of aliphatic hydroxyl groups is 4. The van der Waals surface area contributed by atoms with Crippen molar-refractivity contribution in [2.24, 2.45) is 0 Å². The molecule has 4 N–H and O–H groups in total. The molecule has 1 fully saturated rings. The Balaban J connectivity index is -0.0000000209. The molecule has 1 aliphatic carbocycles. The number of hydrogen-bond acceptors (Lipinski definition) is 15. The van der Waals surface area contributed by atoms with Gasteiger partial charge in [-0.15, -0.1) is 0 Å². The third-order valence-electron chi connectivity index (χ3n) is 9.58. The lowest BCUT2D eigenvalue weighted by Gasteiger charge is -2.39. The standard InChI is InChI=1S/C29H39NO9.C5H8O5.33CH4/c1-27(2,33)8-5-10-29(34,16-23(31)36-4)26(32)39-25-22(35-3)15-28-9-6-11-30(28)12-7-18-13-20-21(38-17-37-20)14-19(18)24(25)28;1-2(6)3(7)4(8)5(9)10;;;;;;;;;;;;;;;;;;;;;;;;;;;;;;;;;/h13-15,24-25,33-34H,5-12,16-17H2,1-4H3;3-4,7-8H,1H3,(H,9,10);33*1H4/p-1/t24-,25-,28+,29+;3-,4+;;;;;;;;;;;;;;;;;;;;;;;;;;;;;;;;;/m10................................./s1. The topological polar surface area (TPSA) is 222 Å². The van der Waals surface area contributed by atoms with Gasteiger partial charge in [-0.25, -0.2) is 4.79 Å². The fraction of sp³-hybridized carbons (Fsp3) is 0.821. The number of methoxy groups -OCH3 is 2. The van der Waals surface area contributed by atoms with Crippen LogP contribution in [0.1, 0.15) is 321 Å². The molecule has 15 heteroatoms. The van der Waals surface area contributed by atoms with Crippen LogP contribution in [0.25, 0.3) is 0 Å². The average Bonchev–Trinajstić information content (AvgIpc) is 3.73. The van der Waals surface area contributed by atoms with Crippen LogP contribution < -0.4 is 14.6 Å². The van der Waals surface area contributed by atoms with E-state index in [2.05, 4.69) is 11.0 Å². The predicted molar refractivity (Wildman–Crippen MR) is 389 cm³/mol. The molecule has 1 aromatic carbocycles. The van der Waals surface area contributed by atoms with Crippen LogP contribution in [0.2, 0.25) is 0 Å². The van der Waals surface area contributed by atoms with Crippen molar-refractivity contribution in [1.82, 2.24) is 4.90 Å². The lowest BCUT2D eigenvalue weighted by atomic mass is 9.77. The molecular weight excluding hydrogens is 1040 g/mol. The number of aliphatic carboxylic acids is 1. The van der Waals surface area contributed by atoms with Gasteiger partial charge in [-0.3, -0.25) is 14.5 Å². The van der Waals surface area contributed by atoms with Crippen LogP contribution in [0.5, 0.6) is 11.5 Å². The third-order valence-corrected chi connectivity index (χ3v) is 9.58. The zero-order valence-electron chi connectivity index (χ0n) is 28.4. The maximum Gasteiger partial charge on any atom is 0.339 e. The summed E-state index contributed by atoms with van der Waals surface area (Å²) in [6.45, 7) is 6.18. The number of hydrogen-bond donors (Lipinski definition) is 4. The molecule has 1 saturated heterocycles. The Kier molecular flexibility index (Phi) is 199. The van der Waals surface area contributed by atoms with Gasteiger partial charge in [0.1, 0.15) is 18.0 Å². The fourth-order valence-corrected chi connectivity index (χ4v) is 7.06. The summed E-state index contributed by atoms with van der Waals surface area (Å²) in [5.41, 5.74) is -1.42. The Morgan fingerprint density at radius 2 is 1.05 bits per heavy atom. The van der Waals surface area contributed by atoms with Gasteiger partial charge in [0.25, 0.3) is 0 Å². The number of Topliss-reactive ketones (excluding diaryl/α,β-unsaturated/α-hetero) is 1. The summed E-state index contributed by atoms with van der Waals surface area (Å²) in [4.78, 5) is 48.4. The number of rotatable bonds is 12. The molecule has 5 rings (SSSR count). The molecule has 4 aliphatic rings. The van der Waals surface area contributed by atoms with Crippen LogP contribution in [-0.4, -0.2) is 118 Å². The molecule has 536 valence electrons. The molecule has 15 nitrogen and oxygen atoms in total. The van der Waals surface area contributed by atoms with E-state index in [0.29, 0.717) is 30.1 Å². The van der Waals surface area contributed by atoms with Crippen molar-refractivity contribution < 1.29 is 68.4 Å². The van der Waals surface area contributed by atoms with Gasteiger partial charge in [0.2, 0.25) is 6.79 Å². The van der Waals surface area contributed by atoms with E-state index in [1.165, 1.54) is 7.11 Å². The number of esters is 2. The zero-order valence-corrected chi connectivity index (χ0v) is 28.4. The van der Waals surface area contributed by atoms with E-state index >= 15 is 0 Å². The summed E-state index contributed by atoms with van der Waals surface area (Å²) in [5, 5.41) is 48.4. The largest absolute Gasteiger partial charge is 0.547 e. The molecule has 0 bridgehead atoms. The zero-order chi connectivity index (χ0) is 36.3. The Hall–Kier alpha value is -3.76. The van der Waals surface area contributed by atoms with E-state index in [0.717, 1.165) is 50.4 Å². The summed E-state index contributed by atoms with van der Waals surface area (Å²) < 4.78 is 28.1. The van der Waals surface area contributed by atoms with Gasteiger partial charge < -0.3 is 54.0 Å². The van der Waals surface area contributed by atoms with Gasteiger partial charge in [0, 0.05) is 6.54 Å². The van der Waals surface area contributed by atoms with Crippen molar-refractivity contribution >= 4 is 23.7 Å². The Labute approximate surface area is 527 Å². The second-order valence-corrected chi connectivity index (χ2v) is 13.6. The average molecular weight is 1220 g/mol. The number of carbonyl (C=O) groups is 4. The van der Waals surface area contributed by atoms with E-state index < -0.39 is 65.2 Å². The van der Waals surface area contributed by atoms with Crippen LogP contribution in [0.15, 0.2) is 24.0 Å². The van der Waals surface area contributed by atoms with Crippen molar-refractivity contribution in [1.29, 1.82) is 0 Å². The molecular formula is C67H178NO14-. The number of benzene rings is 1. The Bertz CT molecular complexity index is 1450. The van der Waals surface area contributed by atoms with Crippen LogP contribution >= 0.6 is 0 Å². The number of carboxylic acid groups (broad SMARTS) is 1. The highest BCUT2D eigenvalue weighted by atomic mass is 16.7. The second-order valence-electron chi connectivity index (χ2n) is 13.6. The van der Waals surface area contributed by atoms with E-state index in [1.54, 1.807) is 21.0 Å². The molecule has 1 aromatic rings. The molecule has 0 unspecified atom stereocenters. The first-order valence-electron chi connectivity index (χ1n) is 16.2. The first-order valence-corrected chi connectivity index (χ1v) is 16.2. The monoisotopic (exact) mass is 1220 g/mol. The molecule has 0 amide bonds. The Morgan fingerprint density at radius 1 is 0.646 bits per heavy atom. The maximum absolute atomic E-state index is 13.8. The number of fused-ring (bicyclic) bond motifs is 3. The van der Waals surface area contributed by atoms with Gasteiger partial charge in [-0.2, -0.15) is 0 Å². The summed E-state index contributed by atoms with van der Waals surface area (Å²) >= 11 is 0. The summed E-state index contributed by atoms with van der Waals surface area (Å²) in [7, 11) is 2.76. The quantitative estimate of drug-likeness (QED) is 0.143. The van der Waals surface area contributed by atoms with E-state index in [1.807, 2.05) is 12.1 Å².